The number of carbonyl (C=O) groups is 1. The van der Waals surface area contributed by atoms with Crippen molar-refractivity contribution in [1.82, 2.24) is 0 Å². The molecule has 1 aliphatic rings. The summed E-state index contributed by atoms with van der Waals surface area (Å²) < 4.78 is 5.77. The molecule has 0 saturated heterocycles. The summed E-state index contributed by atoms with van der Waals surface area (Å²) in [6.07, 6.45) is 2.75. The molecule has 0 aromatic heterocycles. The first-order valence-corrected chi connectivity index (χ1v) is 6.77. The van der Waals surface area contributed by atoms with E-state index < -0.39 is 6.10 Å². The van der Waals surface area contributed by atoms with Crippen LogP contribution in [0.1, 0.15) is 37.0 Å². The van der Waals surface area contributed by atoms with Gasteiger partial charge in [0.05, 0.1) is 6.10 Å². The lowest BCUT2D eigenvalue weighted by Gasteiger charge is -2.30. The van der Waals surface area contributed by atoms with Crippen molar-refractivity contribution in [2.45, 2.75) is 38.4 Å². The zero-order chi connectivity index (χ0) is 13.8. The highest BCUT2D eigenvalue weighted by Gasteiger charge is 2.29. The van der Waals surface area contributed by atoms with Crippen molar-refractivity contribution >= 4 is 6.29 Å². The maximum absolute atomic E-state index is 11.2. The molecule has 0 amide bonds. The van der Waals surface area contributed by atoms with Crippen molar-refractivity contribution in [3.05, 3.63) is 29.3 Å². The maximum atomic E-state index is 11.2. The Labute approximate surface area is 113 Å². The molecule has 3 N–H and O–H groups in total. The van der Waals surface area contributed by atoms with E-state index in [9.17, 15) is 9.90 Å². The fourth-order valence-corrected chi connectivity index (χ4v) is 2.53. The molecular formula is C15H21NO3. The Morgan fingerprint density at radius 1 is 1.58 bits per heavy atom. The summed E-state index contributed by atoms with van der Waals surface area (Å²) in [7, 11) is 0. The number of ether oxygens (including phenoxy) is 1. The predicted octanol–water partition coefficient (Wildman–Crippen LogP) is 1.95. The minimum absolute atomic E-state index is 0.0264. The first-order chi connectivity index (χ1) is 9.15. The highest BCUT2D eigenvalue weighted by atomic mass is 16.5. The Kier molecular flexibility index (Phi) is 4.56. The van der Waals surface area contributed by atoms with Crippen LogP contribution in [0, 0.1) is 5.92 Å². The number of benzene rings is 1. The third-order valence-corrected chi connectivity index (χ3v) is 3.75. The molecule has 1 aromatic carbocycles. The van der Waals surface area contributed by atoms with Crippen LogP contribution in [0.25, 0.3) is 0 Å². The number of rotatable bonds is 5. The molecular weight excluding hydrogens is 242 g/mol. The Bertz CT molecular complexity index is 447. The highest BCUT2D eigenvalue weighted by Crippen LogP contribution is 2.36. The van der Waals surface area contributed by atoms with Gasteiger partial charge in [0.1, 0.15) is 11.9 Å². The minimum atomic E-state index is -0.650. The average molecular weight is 263 g/mol. The Hall–Kier alpha value is -1.39. The number of hydrogen-bond acceptors (Lipinski definition) is 4. The number of aromatic hydroxyl groups is 1. The summed E-state index contributed by atoms with van der Waals surface area (Å²) >= 11 is 0. The molecule has 4 heteroatoms. The van der Waals surface area contributed by atoms with E-state index in [1.807, 2.05) is 6.07 Å². The van der Waals surface area contributed by atoms with E-state index in [1.165, 1.54) is 0 Å². The molecule has 104 valence electrons. The lowest BCUT2D eigenvalue weighted by atomic mass is 9.91. The molecule has 1 heterocycles. The van der Waals surface area contributed by atoms with Crippen molar-refractivity contribution in [3.8, 4) is 5.75 Å². The SMILES string of the molecule is CC(CN)CCC1Cc2cccc(O)c2C(C=O)O1. The number of hydrogen-bond donors (Lipinski definition) is 2. The second-order valence-corrected chi connectivity index (χ2v) is 5.29. The van der Waals surface area contributed by atoms with Gasteiger partial charge >= 0.3 is 0 Å². The van der Waals surface area contributed by atoms with Crippen LogP contribution in [-0.2, 0) is 16.0 Å². The average Bonchev–Trinajstić information content (AvgIpc) is 2.43. The standard InChI is InChI=1S/C15H21NO3/c1-10(8-16)5-6-12-7-11-3-2-4-13(18)15(11)14(9-17)19-12/h2-4,9-10,12,14,18H,5-8,16H2,1H3. The number of carbonyl (C=O) groups excluding carboxylic acids is 1. The van der Waals surface area contributed by atoms with Crippen LogP contribution < -0.4 is 5.73 Å². The van der Waals surface area contributed by atoms with E-state index in [-0.39, 0.29) is 11.9 Å². The van der Waals surface area contributed by atoms with Crippen molar-refractivity contribution in [3.63, 3.8) is 0 Å². The number of phenols is 1. The highest BCUT2D eigenvalue weighted by molar-refractivity contribution is 5.64. The molecule has 3 unspecified atom stereocenters. The van der Waals surface area contributed by atoms with Crippen molar-refractivity contribution in [1.29, 1.82) is 0 Å². The molecule has 0 saturated carbocycles. The van der Waals surface area contributed by atoms with E-state index in [1.54, 1.807) is 12.1 Å². The number of phenolic OH excluding ortho intramolecular Hbond substituents is 1. The zero-order valence-corrected chi connectivity index (χ0v) is 11.2. The number of fused-ring (bicyclic) bond motifs is 1. The third kappa shape index (κ3) is 3.14. The molecule has 0 radical (unpaired) electrons. The van der Waals surface area contributed by atoms with Crippen LogP contribution in [0.2, 0.25) is 0 Å². The van der Waals surface area contributed by atoms with Gasteiger partial charge in [-0.1, -0.05) is 19.1 Å². The largest absolute Gasteiger partial charge is 0.508 e. The maximum Gasteiger partial charge on any atom is 0.153 e. The summed E-state index contributed by atoms with van der Waals surface area (Å²) in [6.45, 7) is 2.78. The van der Waals surface area contributed by atoms with E-state index in [2.05, 4.69) is 6.92 Å². The lowest BCUT2D eigenvalue weighted by molar-refractivity contribution is -0.124. The van der Waals surface area contributed by atoms with Gasteiger partial charge in [-0.25, -0.2) is 0 Å². The molecule has 0 spiro atoms. The van der Waals surface area contributed by atoms with E-state index >= 15 is 0 Å². The topological polar surface area (TPSA) is 72.5 Å². The smallest absolute Gasteiger partial charge is 0.153 e. The van der Waals surface area contributed by atoms with Gasteiger partial charge in [-0.05, 0) is 43.4 Å². The normalized spacial score (nSPS) is 23.7. The molecule has 4 nitrogen and oxygen atoms in total. The van der Waals surface area contributed by atoms with E-state index in [4.69, 9.17) is 10.5 Å². The Morgan fingerprint density at radius 3 is 3.05 bits per heavy atom. The first-order valence-electron chi connectivity index (χ1n) is 6.77. The lowest BCUT2D eigenvalue weighted by Crippen LogP contribution is -2.28. The number of nitrogens with two attached hydrogens (primary N) is 1. The fourth-order valence-electron chi connectivity index (χ4n) is 2.53. The summed E-state index contributed by atoms with van der Waals surface area (Å²) in [6, 6.07) is 5.35. The Balaban J connectivity index is 2.11. The van der Waals surface area contributed by atoms with Gasteiger partial charge in [0.25, 0.3) is 0 Å². The van der Waals surface area contributed by atoms with Gasteiger partial charge in [0, 0.05) is 5.56 Å². The van der Waals surface area contributed by atoms with Crippen LogP contribution in [0.15, 0.2) is 18.2 Å². The summed E-state index contributed by atoms with van der Waals surface area (Å²) in [5.41, 5.74) is 7.24. The molecule has 0 fully saturated rings. The third-order valence-electron chi connectivity index (χ3n) is 3.75. The molecule has 3 atom stereocenters. The summed E-state index contributed by atoms with van der Waals surface area (Å²) in [5.74, 6) is 0.604. The minimum Gasteiger partial charge on any atom is -0.508 e. The van der Waals surface area contributed by atoms with Crippen LogP contribution >= 0.6 is 0 Å². The molecule has 2 rings (SSSR count). The quantitative estimate of drug-likeness (QED) is 0.796. The van der Waals surface area contributed by atoms with Gasteiger partial charge in [-0.15, -0.1) is 0 Å². The van der Waals surface area contributed by atoms with Gasteiger partial charge in [-0.3, -0.25) is 0 Å². The van der Waals surface area contributed by atoms with Gasteiger partial charge < -0.3 is 20.4 Å². The molecule has 0 bridgehead atoms. The molecule has 1 aromatic rings. The summed E-state index contributed by atoms with van der Waals surface area (Å²) in [4.78, 5) is 11.2. The number of aldehydes is 1. The summed E-state index contributed by atoms with van der Waals surface area (Å²) in [5, 5.41) is 9.84. The molecule has 19 heavy (non-hydrogen) atoms. The zero-order valence-electron chi connectivity index (χ0n) is 11.2. The Morgan fingerprint density at radius 2 is 2.37 bits per heavy atom. The van der Waals surface area contributed by atoms with E-state index in [0.717, 1.165) is 31.1 Å². The van der Waals surface area contributed by atoms with Crippen LogP contribution in [-0.4, -0.2) is 24.0 Å². The molecule has 0 aliphatic carbocycles. The van der Waals surface area contributed by atoms with E-state index in [0.29, 0.717) is 18.0 Å². The van der Waals surface area contributed by atoms with Gasteiger partial charge in [0.15, 0.2) is 6.29 Å². The first kappa shape index (κ1) is 14.0. The van der Waals surface area contributed by atoms with Crippen molar-refractivity contribution in [2.24, 2.45) is 11.7 Å². The second kappa shape index (κ2) is 6.17. The van der Waals surface area contributed by atoms with Gasteiger partial charge in [0.2, 0.25) is 0 Å². The van der Waals surface area contributed by atoms with Crippen LogP contribution in [0.3, 0.4) is 0 Å². The van der Waals surface area contributed by atoms with Crippen LogP contribution in [0.5, 0.6) is 5.75 Å². The molecule has 1 aliphatic heterocycles. The van der Waals surface area contributed by atoms with Crippen LogP contribution in [0.4, 0.5) is 0 Å². The van der Waals surface area contributed by atoms with Gasteiger partial charge in [-0.2, -0.15) is 0 Å². The van der Waals surface area contributed by atoms with Crippen molar-refractivity contribution < 1.29 is 14.6 Å². The second-order valence-electron chi connectivity index (χ2n) is 5.29. The monoisotopic (exact) mass is 263 g/mol. The predicted molar refractivity (Wildman–Crippen MR) is 72.9 cm³/mol. The fraction of sp³-hybridized carbons (Fsp3) is 0.533. The van der Waals surface area contributed by atoms with Crippen molar-refractivity contribution in [2.75, 3.05) is 6.54 Å².